The van der Waals surface area contributed by atoms with E-state index in [9.17, 15) is 9.59 Å². The smallest absolute Gasteiger partial charge is 0.414 e. The highest BCUT2D eigenvalue weighted by Crippen LogP contribution is 2.30. The maximum atomic E-state index is 13.0. The van der Waals surface area contributed by atoms with Crippen LogP contribution in [0, 0.1) is 0 Å². The first kappa shape index (κ1) is 22.7. The minimum Gasteiger partial charge on any atom is -0.422 e. The molecule has 7 nitrogen and oxygen atoms in total. The molecule has 1 heterocycles. The Hall–Kier alpha value is -3.03. The maximum Gasteiger partial charge on any atom is 0.414 e. The van der Waals surface area contributed by atoms with Gasteiger partial charge in [0.2, 0.25) is 0 Å². The van der Waals surface area contributed by atoms with E-state index in [1.54, 1.807) is 38.4 Å². The summed E-state index contributed by atoms with van der Waals surface area (Å²) < 4.78 is 10.9. The van der Waals surface area contributed by atoms with E-state index in [1.165, 1.54) is 4.90 Å². The number of hydrogen-bond donors (Lipinski definition) is 1. The van der Waals surface area contributed by atoms with Gasteiger partial charge >= 0.3 is 11.7 Å². The molecule has 3 aromatic rings. The lowest BCUT2D eigenvalue weighted by Crippen LogP contribution is -2.25. The van der Waals surface area contributed by atoms with Crippen LogP contribution in [0.5, 0.6) is 5.75 Å². The predicted octanol–water partition coefficient (Wildman–Crippen LogP) is 4.13. The third-order valence-corrected chi connectivity index (χ3v) is 5.57. The molecule has 3 rings (SSSR count). The third kappa shape index (κ3) is 5.00. The summed E-state index contributed by atoms with van der Waals surface area (Å²) in [5.74, 6) is 0.302. The van der Waals surface area contributed by atoms with Crippen molar-refractivity contribution in [2.45, 2.75) is 19.9 Å². The van der Waals surface area contributed by atoms with E-state index in [1.807, 2.05) is 26.1 Å². The fourth-order valence-electron chi connectivity index (χ4n) is 3.21. The van der Waals surface area contributed by atoms with Crippen LogP contribution in [0.2, 0.25) is 5.02 Å². The highest BCUT2D eigenvalue weighted by Gasteiger charge is 2.19. The molecule has 1 amide bonds. The van der Waals surface area contributed by atoms with Gasteiger partial charge in [-0.3, -0.25) is 0 Å². The zero-order chi connectivity index (χ0) is 22.7. The minimum atomic E-state index is -0.513. The number of nitrogen functional groups attached to an aromatic ring is 1. The van der Waals surface area contributed by atoms with Crippen LogP contribution in [0.3, 0.4) is 0 Å². The van der Waals surface area contributed by atoms with E-state index in [2.05, 4.69) is 4.90 Å². The number of halogens is 1. The lowest BCUT2D eigenvalue weighted by Gasteiger charge is -2.19. The van der Waals surface area contributed by atoms with Crippen molar-refractivity contribution in [2.24, 2.45) is 0 Å². The second-order valence-corrected chi connectivity index (χ2v) is 7.97. The molecule has 0 radical (unpaired) electrons. The number of anilines is 1. The number of nitrogens with two attached hydrogens (primary N) is 1. The summed E-state index contributed by atoms with van der Waals surface area (Å²) in [6, 6.07) is 10.4. The summed E-state index contributed by atoms with van der Waals surface area (Å²) in [4.78, 5) is 28.3. The molecule has 31 heavy (non-hydrogen) atoms. The van der Waals surface area contributed by atoms with E-state index in [4.69, 9.17) is 26.5 Å². The van der Waals surface area contributed by atoms with Gasteiger partial charge in [-0.1, -0.05) is 30.7 Å². The summed E-state index contributed by atoms with van der Waals surface area (Å²) in [5, 5.41) is 1.21. The van der Waals surface area contributed by atoms with Crippen molar-refractivity contribution >= 4 is 34.4 Å². The summed E-state index contributed by atoms with van der Waals surface area (Å²) in [6.07, 6.45) is -0.215. The van der Waals surface area contributed by atoms with Crippen LogP contribution >= 0.6 is 11.6 Å². The number of hydrogen-bond acceptors (Lipinski definition) is 6. The van der Waals surface area contributed by atoms with Gasteiger partial charge in [-0.15, -0.1) is 0 Å². The monoisotopic (exact) mass is 443 g/mol. The zero-order valence-corrected chi connectivity index (χ0v) is 18.8. The van der Waals surface area contributed by atoms with Gasteiger partial charge < -0.3 is 24.7 Å². The van der Waals surface area contributed by atoms with E-state index in [-0.39, 0.29) is 0 Å². The lowest BCUT2D eigenvalue weighted by molar-refractivity contribution is 0.172. The second kappa shape index (κ2) is 9.41. The van der Waals surface area contributed by atoms with Gasteiger partial charge in [0.05, 0.1) is 10.7 Å². The Morgan fingerprint density at radius 2 is 1.90 bits per heavy atom. The Morgan fingerprint density at radius 3 is 2.58 bits per heavy atom. The second-order valence-electron chi connectivity index (χ2n) is 7.59. The van der Waals surface area contributed by atoms with Gasteiger partial charge in [0.25, 0.3) is 0 Å². The summed E-state index contributed by atoms with van der Waals surface area (Å²) >= 11 is 6.37. The fourth-order valence-corrected chi connectivity index (χ4v) is 3.40. The molecule has 0 aliphatic rings. The van der Waals surface area contributed by atoms with Crippen LogP contribution < -0.4 is 16.1 Å². The van der Waals surface area contributed by atoms with Crippen molar-refractivity contribution in [1.29, 1.82) is 0 Å². The Bertz CT molecular complexity index is 1170. The Labute approximate surface area is 185 Å². The van der Waals surface area contributed by atoms with Gasteiger partial charge in [0, 0.05) is 44.1 Å². The molecule has 8 heteroatoms. The predicted molar refractivity (Wildman–Crippen MR) is 123 cm³/mol. The molecule has 0 bridgehead atoms. The van der Waals surface area contributed by atoms with Gasteiger partial charge in [0.15, 0.2) is 0 Å². The molecule has 2 N–H and O–H groups in total. The molecule has 164 valence electrons. The molecule has 0 unspecified atom stereocenters. The SMILES string of the molecule is CCN(C)Cc1c(Cc2cccc(N)c2Cl)c(=O)oc2cc(OC(=O)N(C)C)ccc12. The molecule has 0 saturated heterocycles. The van der Waals surface area contributed by atoms with Crippen molar-refractivity contribution in [3.05, 3.63) is 68.5 Å². The fraction of sp³-hybridized carbons (Fsp3) is 0.304. The molecule has 0 aliphatic carbocycles. The van der Waals surface area contributed by atoms with E-state index >= 15 is 0 Å². The topological polar surface area (TPSA) is 89.0 Å². The van der Waals surface area contributed by atoms with Crippen LogP contribution in [0.25, 0.3) is 11.0 Å². The number of amides is 1. The van der Waals surface area contributed by atoms with Crippen LogP contribution in [-0.4, -0.2) is 43.6 Å². The van der Waals surface area contributed by atoms with Gasteiger partial charge in [-0.2, -0.15) is 0 Å². The van der Waals surface area contributed by atoms with Crippen molar-refractivity contribution in [2.75, 3.05) is 33.4 Å². The number of nitrogens with zero attached hydrogens (tertiary/aromatic N) is 2. The van der Waals surface area contributed by atoms with Crippen LogP contribution in [0.15, 0.2) is 45.6 Å². The number of fused-ring (bicyclic) bond motifs is 1. The van der Waals surface area contributed by atoms with Crippen LogP contribution in [0.1, 0.15) is 23.6 Å². The highest BCUT2D eigenvalue weighted by molar-refractivity contribution is 6.33. The Kier molecular flexibility index (Phi) is 6.87. The van der Waals surface area contributed by atoms with Crippen molar-refractivity contribution in [1.82, 2.24) is 9.80 Å². The van der Waals surface area contributed by atoms with Crippen molar-refractivity contribution in [3.63, 3.8) is 0 Å². The number of benzene rings is 2. The first-order chi connectivity index (χ1) is 14.7. The van der Waals surface area contributed by atoms with E-state index < -0.39 is 11.7 Å². The molecule has 0 fully saturated rings. The molecular formula is C23H26ClN3O4. The maximum absolute atomic E-state index is 13.0. The van der Waals surface area contributed by atoms with Crippen molar-refractivity contribution < 1.29 is 13.9 Å². The standard InChI is InChI=1S/C23H26ClN3O4/c1-5-27(4)13-18-16-10-9-15(30-23(29)26(2)3)12-20(16)31-22(28)17(18)11-14-7-6-8-19(25)21(14)24/h6-10,12H,5,11,13,25H2,1-4H3. The number of ether oxygens (including phenoxy) is 1. The Morgan fingerprint density at radius 1 is 1.16 bits per heavy atom. The summed E-state index contributed by atoms with van der Waals surface area (Å²) in [6.45, 7) is 3.39. The molecule has 1 aromatic heterocycles. The molecule has 0 atom stereocenters. The molecule has 2 aromatic carbocycles. The Balaban J connectivity index is 2.13. The largest absolute Gasteiger partial charge is 0.422 e. The normalized spacial score (nSPS) is 11.2. The number of carbonyl (C=O) groups excluding carboxylic acids is 1. The van der Waals surface area contributed by atoms with Crippen molar-refractivity contribution in [3.8, 4) is 5.75 Å². The third-order valence-electron chi connectivity index (χ3n) is 5.11. The molecule has 0 saturated carbocycles. The molecule has 0 aliphatic heterocycles. The quantitative estimate of drug-likeness (QED) is 0.455. The van der Waals surface area contributed by atoms with E-state index in [0.29, 0.717) is 40.6 Å². The first-order valence-corrected chi connectivity index (χ1v) is 10.3. The van der Waals surface area contributed by atoms with Gasteiger partial charge in [-0.05, 0) is 42.9 Å². The first-order valence-electron chi connectivity index (χ1n) is 9.90. The van der Waals surface area contributed by atoms with Gasteiger partial charge in [0.1, 0.15) is 11.3 Å². The summed E-state index contributed by atoms with van der Waals surface area (Å²) in [7, 11) is 5.16. The van der Waals surface area contributed by atoms with Crippen LogP contribution in [-0.2, 0) is 13.0 Å². The number of rotatable bonds is 6. The minimum absolute atomic E-state index is 0.298. The summed E-state index contributed by atoms with van der Waals surface area (Å²) in [5.41, 5.74) is 8.42. The molecular weight excluding hydrogens is 418 g/mol. The lowest BCUT2D eigenvalue weighted by atomic mass is 9.97. The van der Waals surface area contributed by atoms with E-state index in [0.717, 1.165) is 23.1 Å². The number of carbonyl (C=O) groups is 1. The van der Waals surface area contributed by atoms with Crippen LogP contribution in [0.4, 0.5) is 10.5 Å². The average Bonchev–Trinajstić information content (AvgIpc) is 2.73. The molecule has 0 spiro atoms. The highest BCUT2D eigenvalue weighted by atomic mass is 35.5. The van der Waals surface area contributed by atoms with Gasteiger partial charge in [-0.25, -0.2) is 9.59 Å². The average molecular weight is 444 g/mol. The zero-order valence-electron chi connectivity index (χ0n) is 18.1.